The van der Waals surface area contributed by atoms with E-state index in [1.807, 2.05) is 17.0 Å². The van der Waals surface area contributed by atoms with Gasteiger partial charge in [-0.05, 0) is 49.3 Å². The third-order valence-corrected chi connectivity index (χ3v) is 4.42. The molecule has 1 amide bonds. The number of anilines is 1. The fourth-order valence-corrected chi connectivity index (χ4v) is 3.18. The van der Waals surface area contributed by atoms with Crippen LogP contribution in [0.25, 0.3) is 0 Å². The largest absolute Gasteiger partial charge is 0.399 e. The normalized spacial score (nSPS) is 24.0. The maximum Gasteiger partial charge on any atom is 0.251 e. The second-order valence-electron chi connectivity index (χ2n) is 5.77. The molecule has 4 heteroatoms. The van der Waals surface area contributed by atoms with Gasteiger partial charge in [-0.3, -0.25) is 4.79 Å². The first-order valence-electron chi connectivity index (χ1n) is 7.50. The second kappa shape index (κ2) is 5.83. The van der Waals surface area contributed by atoms with Gasteiger partial charge >= 0.3 is 0 Å². The Morgan fingerprint density at radius 1 is 1.15 bits per heavy atom. The topological polar surface area (TPSA) is 55.6 Å². The van der Waals surface area contributed by atoms with Gasteiger partial charge in [-0.25, -0.2) is 0 Å². The number of nitrogen functional groups attached to an aromatic ring is 1. The van der Waals surface area contributed by atoms with Gasteiger partial charge in [-0.1, -0.05) is 12.1 Å². The number of hydrogen-bond acceptors (Lipinski definition) is 3. The fraction of sp³-hybridized carbons (Fsp3) is 0.562. The summed E-state index contributed by atoms with van der Waals surface area (Å²) in [5.41, 5.74) is 7.86. The van der Waals surface area contributed by atoms with Crippen LogP contribution in [0.4, 0.5) is 5.69 Å². The Balaban J connectivity index is 1.56. The summed E-state index contributed by atoms with van der Waals surface area (Å²) in [6, 6.07) is 8.13. The molecule has 2 saturated heterocycles. The second-order valence-corrected chi connectivity index (χ2v) is 5.77. The number of ether oxygens (including phenoxy) is 1. The molecule has 2 heterocycles. The number of rotatable bonds is 2. The van der Waals surface area contributed by atoms with E-state index < -0.39 is 0 Å². The van der Waals surface area contributed by atoms with Gasteiger partial charge in [-0.15, -0.1) is 0 Å². The van der Waals surface area contributed by atoms with Crippen molar-refractivity contribution in [2.24, 2.45) is 0 Å². The third-order valence-electron chi connectivity index (χ3n) is 4.42. The van der Waals surface area contributed by atoms with Gasteiger partial charge in [0.25, 0.3) is 5.91 Å². The van der Waals surface area contributed by atoms with E-state index in [1.165, 1.54) is 5.56 Å². The van der Waals surface area contributed by atoms with Crippen molar-refractivity contribution in [3.8, 4) is 0 Å². The molecule has 1 unspecified atom stereocenters. The lowest BCUT2D eigenvalue weighted by Gasteiger charge is -2.33. The zero-order chi connectivity index (χ0) is 13.9. The molecule has 0 saturated carbocycles. The van der Waals surface area contributed by atoms with Crippen molar-refractivity contribution in [2.75, 3.05) is 25.4 Å². The Hall–Kier alpha value is -1.55. The number of hydrogen-bond donors (Lipinski definition) is 1. The molecule has 0 spiro atoms. The van der Waals surface area contributed by atoms with Crippen LogP contribution >= 0.6 is 0 Å². The van der Waals surface area contributed by atoms with Crippen LogP contribution in [0.5, 0.6) is 0 Å². The van der Waals surface area contributed by atoms with Crippen molar-refractivity contribution < 1.29 is 9.53 Å². The molecule has 4 nitrogen and oxygen atoms in total. The number of carbonyl (C=O) groups excluding carboxylic acids is 1. The summed E-state index contributed by atoms with van der Waals surface area (Å²) < 4.78 is 5.49. The highest BCUT2D eigenvalue weighted by Crippen LogP contribution is 2.29. The number of likely N-dealkylation sites (tertiary alicyclic amines) is 1. The van der Waals surface area contributed by atoms with Gasteiger partial charge < -0.3 is 15.4 Å². The van der Waals surface area contributed by atoms with E-state index in [9.17, 15) is 4.79 Å². The highest BCUT2D eigenvalue weighted by molar-refractivity contribution is 5.81. The minimum absolute atomic E-state index is 0.178. The van der Waals surface area contributed by atoms with Crippen molar-refractivity contribution in [3.05, 3.63) is 29.8 Å². The van der Waals surface area contributed by atoms with E-state index in [1.54, 1.807) is 0 Å². The summed E-state index contributed by atoms with van der Waals surface area (Å²) in [5.74, 6) is 0.738. The van der Waals surface area contributed by atoms with Crippen molar-refractivity contribution in [2.45, 2.75) is 37.7 Å². The van der Waals surface area contributed by atoms with E-state index in [0.29, 0.717) is 5.92 Å². The average molecular weight is 274 g/mol. The first kappa shape index (κ1) is 13.4. The summed E-state index contributed by atoms with van der Waals surface area (Å²) in [6.45, 7) is 2.42. The standard InChI is InChI=1S/C16H22N2O2/c17-14-5-3-12(4-6-14)13-7-9-18(10-8-13)16(19)15-2-1-11-20-15/h3-6,13,15H,1-2,7-11,17H2. The number of carbonyl (C=O) groups is 1. The van der Waals surface area contributed by atoms with Crippen LogP contribution in [0.2, 0.25) is 0 Å². The van der Waals surface area contributed by atoms with Crippen LogP contribution in [0.3, 0.4) is 0 Å². The van der Waals surface area contributed by atoms with Crippen molar-refractivity contribution in [1.82, 2.24) is 4.90 Å². The molecular formula is C16H22N2O2. The van der Waals surface area contributed by atoms with Crippen molar-refractivity contribution in [1.29, 1.82) is 0 Å². The molecule has 2 aliphatic heterocycles. The Kier molecular flexibility index (Phi) is 3.92. The van der Waals surface area contributed by atoms with E-state index in [4.69, 9.17) is 10.5 Å². The molecule has 2 fully saturated rings. The quantitative estimate of drug-likeness (QED) is 0.841. The summed E-state index contributed by atoms with van der Waals surface area (Å²) >= 11 is 0. The molecule has 3 rings (SSSR count). The minimum Gasteiger partial charge on any atom is -0.399 e. The van der Waals surface area contributed by atoms with E-state index in [2.05, 4.69) is 12.1 Å². The lowest BCUT2D eigenvalue weighted by Crippen LogP contribution is -2.43. The van der Waals surface area contributed by atoms with E-state index >= 15 is 0 Å². The van der Waals surface area contributed by atoms with Gasteiger partial charge in [0.15, 0.2) is 0 Å². The number of piperidine rings is 1. The van der Waals surface area contributed by atoms with E-state index in [-0.39, 0.29) is 12.0 Å². The summed E-state index contributed by atoms with van der Waals surface area (Å²) in [5, 5.41) is 0. The maximum absolute atomic E-state index is 12.3. The first-order chi connectivity index (χ1) is 9.74. The molecule has 2 aliphatic rings. The fourth-order valence-electron chi connectivity index (χ4n) is 3.18. The van der Waals surface area contributed by atoms with Crippen LogP contribution in [-0.4, -0.2) is 36.6 Å². The molecule has 0 aromatic heterocycles. The SMILES string of the molecule is Nc1ccc(C2CCN(C(=O)C3CCCO3)CC2)cc1. The average Bonchev–Trinajstić information content (AvgIpc) is 3.02. The van der Waals surface area contributed by atoms with Crippen molar-refractivity contribution >= 4 is 11.6 Å². The molecule has 20 heavy (non-hydrogen) atoms. The lowest BCUT2D eigenvalue weighted by atomic mass is 9.89. The predicted octanol–water partition coefficient (Wildman–Crippen LogP) is 2.15. The predicted molar refractivity (Wildman–Crippen MR) is 78.4 cm³/mol. The lowest BCUT2D eigenvalue weighted by molar-refractivity contribution is -0.142. The number of nitrogens with two attached hydrogens (primary N) is 1. The zero-order valence-corrected chi connectivity index (χ0v) is 11.8. The molecule has 0 radical (unpaired) electrons. The van der Waals surface area contributed by atoms with Gasteiger partial charge in [0.05, 0.1) is 0 Å². The summed E-state index contributed by atoms with van der Waals surface area (Å²) in [7, 11) is 0. The van der Waals surface area contributed by atoms with Gasteiger partial charge in [0.2, 0.25) is 0 Å². The highest BCUT2D eigenvalue weighted by atomic mass is 16.5. The first-order valence-corrected chi connectivity index (χ1v) is 7.50. The minimum atomic E-state index is -0.178. The zero-order valence-electron chi connectivity index (χ0n) is 11.8. The Morgan fingerprint density at radius 2 is 1.85 bits per heavy atom. The van der Waals surface area contributed by atoms with Gasteiger partial charge in [0, 0.05) is 25.4 Å². The summed E-state index contributed by atoms with van der Waals surface area (Å²) in [4.78, 5) is 14.2. The Bertz CT molecular complexity index is 458. The van der Waals surface area contributed by atoms with Gasteiger partial charge in [-0.2, -0.15) is 0 Å². The van der Waals surface area contributed by atoms with Gasteiger partial charge in [0.1, 0.15) is 6.10 Å². The van der Waals surface area contributed by atoms with Crippen LogP contribution in [0.1, 0.15) is 37.2 Å². The molecular weight excluding hydrogens is 252 g/mol. The van der Waals surface area contributed by atoms with Crippen LogP contribution in [0, 0.1) is 0 Å². The Morgan fingerprint density at radius 3 is 2.45 bits per heavy atom. The number of nitrogens with zero attached hydrogens (tertiary/aromatic N) is 1. The van der Waals surface area contributed by atoms with Crippen molar-refractivity contribution in [3.63, 3.8) is 0 Å². The molecule has 0 aliphatic carbocycles. The third kappa shape index (κ3) is 2.80. The molecule has 2 N–H and O–H groups in total. The molecule has 0 bridgehead atoms. The maximum atomic E-state index is 12.3. The Labute approximate surface area is 119 Å². The van der Waals surface area contributed by atoms with Crippen LogP contribution in [0.15, 0.2) is 24.3 Å². The summed E-state index contributed by atoms with van der Waals surface area (Å²) in [6.07, 6.45) is 3.78. The molecule has 1 atom stereocenters. The molecule has 1 aromatic rings. The molecule has 1 aromatic carbocycles. The highest BCUT2D eigenvalue weighted by Gasteiger charge is 2.31. The smallest absolute Gasteiger partial charge is 0.251 e. The monoisotopic (exact) mass is 274 g/mol. The van der Waals surface area contributed by atoms with Crippen LogP contribution < -0.4 is 5.73 Å². The number of amides is 1. The molecule has 108 valence electrons. The van der Waals surface area contributed by atoms with Crippen LogP contribution in [-0.2, 0) is 9.53 Å². The van der Waals surface area contributed by atoms with E-state index in [0.717, 1.165) is 51.1 Å². The number of benzene rings is 1.